The number of hydrogen-bond donors (Lipinski definition) is 2. The molecule has 0 aliphatic carbocycles. The van der Waals surface area contributed by atoms with E-state index in [0.29, 0.717) is 27.8 Å². The van der Waals surface area contributed by atoms with Crippen molar-refractivity contribution in [2.75, 3.05) is 25.5 Å². The maximum atomic E-state index is 12.6. The van der Waals surface area contributed by atoms with Crippen LogP contribution in [0.3, 0.4) is 0 Å². The van der Waals surface area contributed by atoms with Gasteiger partial charge in [-0.05, 0) is 32.0 Å². The molecular formula is C19H21ClN4O5. The fourth-order valence-electron chi connectivity index (χ4n) is 3.14. The van der Waals surface area contributed by atoms with E-state index in [1.807, 2.05) is 0 Å². The average molecular weight is 421 g/mol. The Morgan fingerprint density at radius 1 is 1.34 bits per heavy atom. The van der Waals surface area contributed by atoms with Gasteiger partial charge in [0.25, 0.3) is 5.56 Å². The summed E-state index contributed by atoms with van der Waals surface area (Å²) in [5, 5.41) is 12.7. The number of nitrogens with one attached hydrogen (secondary N) is 1. The fourth-order valence-corrected chi connectivity index (χ4v) is 3.32. The van der Waals surface area contributed by atoms with Crippen molar-refractivity contribution in [2.24, 2.45) is 0 Å². The van der Waals surface area contributed by atoms with Crippen molar-refractivity contribution in [3.63, 3.8) is 0 Å². The Balaban J connectivity index is 1.89. The largest absolute Gasteiger partial charge is 0.453 e. The van der Waals surface area contributed by atoms with Crippen LogP contribution in [0.5, 0.6) is 0 Å². The fraction of sp³-hybridized carbons (Fsp3) is 0.368. The third kappa shape index (κ3) is 4.57. The van der Waals surface area contributed by atoms with E-state index < -0.39 is 17.3 Å². The van der Waals surface area contributed by atoms with Crippen LogP contribution in [0.15, 0.2) is 29.1 Å². The number of halogens is 1. The normalized spacial score (nSPS) is 14.9. The highest BCUT2D eigenvalue weighted by molar-refractivity contribution is 6.31. The SMILES string of the molecule is COC(=O)Nc1cc(Cl)ccc1-c1cc(=O)n(CC(=O)N2CC(C)(O)C2)c(C)n1. The number of likely N-dealkylation sites (tertiary alicyclic amines) is 1. The minimum atomic E-state index is -0.880. The molecule has 154 valence electrons. The number of amides is 2. The standard InChI is InChI=1S/C19H21ClN4O5/c1-11-21-15(13-5-4-12(20)6-14(13)22-18(27)29-3)7-16(25)24(11)8-17(26)23-9-19(2,28)10-23/h4-7,28H,8-10H2,1-3H3,(H,22,27). The smallest absolute Gasteiger partial charge is 0.411 e. The predicted molar refractivity (Wildman–Crippen MR) is 107 cm³/mol. The number of carbonyl (C=O) groups excluding carboxylic acids is 2. The van der Waals surface area contributed by atoms with E-state index >= 15 is 0 Å². The number of β-amino-alcohol motifs (C(OH)–C–C–N with tert-alkyl or cyclic N) is 1. The second-order valence-corrected chi connectivity index (χ2v) is 7.60. The molecule has 2 heterocycles. The Morgan fingerprint density at radius 3 is 2.62 bits per heavy atom. The van der Waals surface area contributed by atoms with Gasteiger partial charge in [-0.15, -0.1) is 0 Å². The number of carbonyl (C=O) groups is 2. The quantitative estimate of drug-likeness (QED) is 0.777. The lowest BCUT2D eigenvalue weighted by Gasteiger charge is -2.44. The number of anilines is 1. The van der Waals surface area contributed by atoms with Gasteiger partial charge >= 0.3 is 6.09 Å². The molecule has 9 nitrogen and oxygen atoms in total. The van der Waals surface area contributed by atoms with Crippen LogP contribution in [-0.2, 0) is 16.1 Å². The van der Waals surface area contributed by atoms with Gasteiger partial charge in [-0.2, -0.15) is 0 Å². The van der Waals surface area contributed by atoms with Gasteiger partial charge in [0.15, 0.2) is 0 Å². The topological polar surface area (TPSA) is 114 Å². The van der Waals surface area contributed by atoms with Gasteiger partial charge in [0.2, 0.25) is 5.91 Å². The van der Waals surface area contributed by atoms with Crippen LogP contribution in [0.25, 0.3) is 11.3 Å². The third-order valence-electron chi connectivity index (χ3n) is 4.59. The lowest BCUT2D eigenvalue weighted by atomic mass is 9.97. The summed E-state index contributed by atoms with van der Waals surface area (Å²) in [4.78, 5) is 42.5. The van der Waals surface area contributed by atoms with Gasteiger partial charge < -0.3 is 14.7 Å². The molecule has 1 fully saturated rings. The van der Waals surface area contributed by atoms with Crippen molar-refractivity contribution in [2.45, 2.75) is 26.0 Å². The number of ether oxygens (including phenoxy) is 1. The summed E-state index contributed by atoms with van der Waals surface area (Å²) in [6, 6.07) is 6.06. The van der Waals surface area contributed by atoms with Crippen LogP contribution in [0.4, 0.5) is 10.5 Å². The maximum Gasteiger partial charge on any atom is 0.411 e. The number of aromatic nitrogens is 2. The number of hydrogen-bond acceptors (Lipinski definition) is 6. The highest BCUT2D eigenvalue weighted by Crippen LogP contribution is 2.29. The minimum Gasteiger partial charge on any atom is -0.453 e. The molecule has 29 heavy (non-hydrogen) atoms. The second kappa shape index (κ2) is 7.84. The number of methoxy groups -OCH3 is 1. The molecule has 3 rings (SSSR count). The highest BCUT2D eigenvalue weighted by atomic mass is 35.5. The summed E-state index contributed by atoms with van der Waals surface area (Å²) in [5.74, 6) is 0.0721. The van der Waals surface area contributed by atoms with E-state index in [-0.39, 0.29) is 25.5 Å². The first-order valence-corrected chi connectivity index (χ1v) is 9.21. The molecule has 1 aliphatic heterocycles. The Labute approximate surface area is 171 Å². The number of rotatable bonds is 4. The van der Waals surface area contributed by atoms with Crippen molar-refractivity contribution in [3.8, 4) is 11.3 Å². The van der Waals surface area contributed by atoms with Gasteiger partial charge in [-0.1, -0.05) is 11.6 Å². The molecule has 10 heteroatoms. The Hall–Kier alpha value is -2.91. The van der Waals surface area contributed by atoms with Gasteiger partial charge in [-0.3, -0.25) is 19.5 Å². The average Bonchev–Trinajstić information content (AvgIpc) is 2.62. The van der Waals surface area contributed by atoms with Crippen LogP contribution in [0, 0.1) is 6.92 Å². The zero-order valence-electron chi connectivity index (χ0n) is 16.2. The molecule has 0 bridgehead atoms. The summed E-state index contributed by atoms with van der Waals surface area (Å²) in [5.41, 5.74) is -0.141. The molecule has 1 aromatic carbocycles. The first kappa shape index (κ1) is 20.8. The molecule has 2 amide bonds. The molecule has 0 unspecified atom stereocenters. The number of aliphatic hydroxyl groups is 1. The van der Waals surface area contributed by atoms with Crippen LogP contribution >= 0.6 is 11.6 Å². The Bertz CT molecular complexity index is 1030. The van der Waals surface area contributed by atoms with E-state index in [0.717, 1.165) is 0 Å². The van der Waals surface area contributed by atoms with E-state index in [1.165, 1.54) is 28.7 Å². The molecule has 1 saturated heterocycles. The molecule has 1 aromatic heterocycles. The summed E-state index contributed by atoms with van der Waals surface area (Å²) in [6.07, 6.45) is -0.686. The number of aryl methyl sites for hydroxylation is 1. The third-order valence-corrected chi connectivity index (χ3v) is 4.82. The summed E-state index contributed by atoms with van der Waals surface area (Å²) in [7, 11) is 1.23. The highest BCUT2D eigenvalue weighted by Gasteiger charge is 2.39. The van der Waals surface area contributed by atoms with Gasteiger partial charge in [0.05, 0.1) is 37.2 Å². The van der Waals surface area contributed by atoms with E-state index in [2.05, 4.69) is 15.0 Å². The predicted octanol–water partition coefficient (Wildman–Crippen LogP) is 1.64. The van der Waals surface area contributed by atoms with Crippen LogP contribution in [0.1, 0.15) is 12.7 Å². The van der Waals surface area contributed by atoms with Gasteiger partial charge in [0.1, 0.15) is 12.4 Å². The van der Waals surface area contributed by atoms with Crippen LogP contribution < -0.4 is 10.9 Å². The van der Waals surface area contributed by atoms with Crippen molar-refractivity contribution in [1.29, 1.82) is 0 Å². The monoisotopic (exact) mass is 420 g/mol. The summed E-state index contributed by atoms with van der Waals surface area (Å²) >= 11 is 6.01. The van der Waals surface area contributed by atoms with E-state index in [1.54, 1.807) is 26.0 Å². The van der Waals surface area contributed by atoms with Crippen molar-refractivity contribution >= 4 is 29.3 Å². The molecule has 0 atom stereocenters. The first-order chi connectivity index (χ1) is 13.6. The lowest BCUT2D eigenvalue weighted by molar-refractivity contribution is -0.153. The van der Waals surface area contributed by atoms with Crippen LogP contribution in [0.2, 0.25) is 5.02 Å². The molecule has 0 spiro atoms. The minimum absolute atomic E-state index is 0.165. The molecular weight excluding hydrogens is 400 g/mol. The zero-order valence-corrected chi connectivity index (χ0v) is 17.0. The van der Waals surface area contributed by atoms with E-state index in [4.69, 9.17) is 11.6 Å². The van der Waals surface area contributed by atoms with Gasteiger partial charge in [-0.25, -0.2) is 9.78 Å². The molecule has 2 aromatic rings. The molecule has 1 aliphatic rings. The molecule has 2 N–H and O–H groups in total. The van der Waals surface area contributed by atoms with Crippen molar-refractivity contribution in [3.05, 3.63) is 45.5 Å². The van der Waals surface area contributed by atoms with Gasteiger partial charge in [0, 0.05) is 16.7 Å². The Morgan fingerprint density at radius 2 is 2.03 bits per heavy atom. The number of benzene rings is 1. The van der Waals surface area contributed by atoms with E-state index in [9.17, 15) is 19.5 Å². The second-order valence-electron chi connectivity index (χ2n) is 7.17. The number of nitrogens with zero attached hydrogens (tertiary/aromatic N) is 3. The van der Waals surface area contributed by atoms with Crippen LogP contribution in [-0.4, -0.2) is 57.4 Å². The lowest BCUT2D eigenvalue weighted by Crippen LogP contribution is -2.62. The van der Waals surface area contributed by atoms with Crippen molar-refractivity contribution < 1.29 is 19.4 Å². The summed E-state index contributed by atoms with van der Waals surface area (Å²) in [6.45, 7) is 3.57. The maximum absolute atomic E-state index is 12.6. The first-order valence-electron chi connectivity index (χ1n) is 8.83. The molecule has 0 radical (unpaired) electrons. The molecule has 0 saturated carbocycles. The summed E-state index contributed by atoms with van der Waals surface area (Å²) < 4.78 is 5.88. The van der Waals surface area contributed by atoms with Crippen molar-refractivity contribution in [1.82, 2.24) is 14.5 Å². The zero-order chi connectivity index (χ0) is 21.3. The Kier molecular flexibility index (Phi) is 5.63.